The standard InChI is InChI=1S/C26H22FN5O2/c27-24-10-18(4-5-20(24)12-28)14-31-17-29-13-21(31)15-30-8-9-32(26(34)16-30)25-3-1-2-19-6-7-22(33)11-23(19)25/h1-7,10-11,13,17,33H,8-9,14-16H2. The molecule has 1 fully saturated rings. The summed E-state index contributed by atoms with van der Waals surface area (Å²) in [4.78, 5) is 21.1. The van der Waals surface area contributed by atoms with Crippen molar-refractivity contribution in [1.29, 1.82) is 5.26 Å². The fraction of sp³-hybridized carbons (Fsp3) is 0.192. The maximum Gasteiger partial charge on any atom is 0.241 e. The van der Waals surface area contributed by atoms with Crippen LogP contribution in [0.1, 0.15) is 16.8 Å². The number of piperazine rings is 1. The van der Waals surface area contributed by atoms with Crippen LogP contribution >= 0.6 is 0 Å². The summed E-state index contributed by atoms with van der Waals surface area (Å²) in [7, 11) is 0. The highest BCUT2D eigenvalue weighted by atomic mass is 19.1. The van der Waals surface area contributed by atoms with Gasteiger partial charge in [-0.05, 0) is 41.3 Å². The first-order valence-electron chi connectivity index (χ1n) is 10.9. The number of amides is 1. The first kappa shape index (κ1) is 21.6. The Morgan fingerprint density at radius 2 is 1.97 bits per heavy atom. The van der Waals surface area contributed by atoms with Gasteiger partial charge in [0, 0.05) is 37.8 Å². The highest BCUT2D eigenvalue weighted by Crippen LogP contribution is 2.31. The zero-order valence-corrected chi connectivity index (χ0v) is 18.4. The Labute approximate surface area is 195 Å². The average Bonchev–Trinajstić information content (AvgIpc) is 3.25. The lowest BCUT2D eigenvalue weighted by molar-refractivity contribution is -0.121. The molecule has 0 saturated carbocycles. The monoisotopic (exact) mass is 455 g/mol. The number of hydrogen-bond donors (Lipinski definition) is 1. The van der Waals surface area contributed by atoms with E-state index >= 15 is 0 Å². The Bertz CT molecular complexity index is 1420. The third-order valence-corrected chi connectivity index (χ3v) is 6.12. The van der Waals surface area contributed by atoms with Crippen molar-refractivity contribution in [3.8, 4) is 11.8 Å². The number of hydrogen-bond acceptors (Lipinski definition) is 5. The highest BCUT2D eigenvalue weighted by Gasteiger charge is 2.27. The van der Waals surface area contributed by atoms with Crippen LogP contribution < -0.4 is 4.90 Å². The van der Waals surface area contributed by atoms with Crippen LogP contribution in [-0.4, -0.2) is 45.1 Å². The van der Waals surface area contributed by atoms with E-state index in [0.717, 1.165) is 27.7 Å². The summed E-state index contributed by atoms with van der Waals surface area (Å²) in [5, 5.41) is 20.7. The van der Waals surface area contributed by atoms with Crippen LogP contribution in [0.4, 0.5) is 10.1 Å². The Morgan fingerprint density at radius 3 is 2.76 bits per heavy atom. The normalized spacial score (nSPS) is 14.5. The maximum atomic E-state index is 14.0. The molecule has 170 valence electrons. The van der Waals surface area contributed by atoms with E-state index in [4.69, 9.17) is 5.26 Å². The quantitative estimate of drug-likeness (QED) is 0.497. The fourth-order valence-electron chi connectivity index (χ4n) is 4.39. The van der Waals surface area contributed by atoms with Crippen molar-refractivity contribution in [1.82, 2.24) is 14.5 Å². The molecule has 0 unspecified atom stereocenters. The van der Waals surface area contributed by atoms with Crippen LogP contribution in [0.3, 0.4) is 0 Å². The maximum absolute atomic E-state index is 14.0. The van der Waals surface area contributed by atoms with E-state index in [-0.39, 0.29) is 23.8 Å². The molecule has 2 heterocycles. The van der Waals surface area contributed by atoms with Gasteiger partial charge in [0.15, 0.2) is 0 Å². The SMILES string of the molecule is N#Cc1ccc(Cn2cncc2CN2CCN(c3cccc4ccc(O)cc34)C(=O)C2)cc1F. The molecule has 4 aromatic rings. The van der Waals surface area contributed by atoms with Crippen molar-refractivity contribution in [2.45, 2.75) is 13.1 Å². The Morgan fingerprint density at radius 1 is 1.09 bits per heavy atom. The van der Waals surface area contributed by atoms with Crippen molar-refractivity contribution < 1.29 is 14.3 Å². The lowest BCUT2D eigenvalue weighted by atomic mass is 10.1. The fourth-order valence-corrected chi connectivity index (χ4v) is 4.39. The number of anilines is 1. The van der Waals surface area contributed by atoms with E-state index < -0.39 is 5.82 Å². The number of nitriles is 1. The van der Waals surface area contributed by atoms with Gasteiger partial charge in [0.2, 0.25) is 5.91 Å². The first-order chi connectivity index (χ1) is 16.5. The molecule has 1 aromatic heterocycles. The molecule has 1 N–H and O–H groups in total. The van der Waals surface area contributed by atoms with Crippen LogP contribution in [0.5, 0.6) is 5.75 Å². The van der Waals surface area contributed by atoms with Crippen molar-refractivity contribution in [3.63, 3.8) is 0 Å². The van der Waals surface area contributed by atoms with E-state index in [1.165, 1.54) is 12.1 Å². The van der Waals surface area contributed by atoms with Gasteiger partial charge in [-0.15, -0.1) is 0 Å². The van der Waals surface area contributed by atoms with Gasteiger partial charge in [0.1, 0.15) is 17.6 Å². The first-order valence-corrected chi connectivity index (χ1v) is 10.9. The lowest BCUT2D eigenvalue weighted by Gasteiger charge is -2.35. The summed E-state index contributed by atoms with van der Waals surface area (Å²) >= 11 is 0. The third kappa shape index (κ3) is 4.21. The van der Waals surface area contributed by atoms with Gasteiger partial charge in [0.05, 0.1) is 29.8 Å². The molecule has 0 atom stereocenters. The Kier molecular flexibility index (Phi) is 5.70. The average molecular weight is 455 g/mol. The Hall–Kier alpha value is -4.22. The van der Waals surface area contributed by atoms with Crippen molar-refractivity contribution in [3.05, 3.63) is 89.8 Å². The van der Waals surface area contributed by atoms with Gasteiger partial charge in [-0.1, -0.05) is 24.3 Å². The molecule has 0 radical (unpaired) electrons. The van der Waals surface area contributed by atoms with E-state index in [0.29, 0.717) is 26.2 Å². The molecule has 0 bridgehead atoms. The summed E-state index contributed by atoms with van der Waals surface area (Å²) in [6, 6.07) is 17.4. The van der Waals surface area contributed by atoms with Crippen LogP contribution in [-0.2, 0) is 17.9 Å². The van der Waals surface area contributed by atoms with Crippen LogP contribution in [0, 0.1) is 17.1 Å². The predicted molar refractivity (Wildman–Crippen MR) is 126 cm³/mol. The van der Waals surface area contributed by atoms with E-state index in [9.17, 15) is 14.3 Å². The lowest BCUT2D eigenvalue weighted by Crippen LogP contribution is -2.50. The second-order valence-electron chi connectivity index (χ2n) is 8.38. The number of fused-ring (bicyclic) bond motifs is 1. The topological polar surface area (TPSA) is 85.4 Å². The number of nitrogens with zero attached hydrogens (tertiary/aromatic N) is 5. The van der Waals surface area contributed by atoms with E-state index in [2.05, 4.69) is 9.88 Å². The molecule has 0 aliphatic carbocycles. The molecular weight excluding hydrogens is 433 g/mol. The van der Waals surface area contributed by atoms with Gasteiger partial charge in [0.25, 0.3) is 0 Å². The highest BCUT2D eigenvalue weighted by molar-refractivity contribution is 6.05. The minimum Gasteiger partial charge on any atom is -0.508 e. The summed E-state index contributed by atoms with van der Waals surface area (Å²) in [5.74, 6) is -0.381. The van der Waals surface area contributed by atoms with Crippen LogP contribution in [0.25, 0.3) is 10.8 Å². The van der Waals surface area contributed by atoms with E-state index in [1.54, 1.807) is 35.6 Å². The minimum absolute atomic E-state index is 0.0117. The third-order valence-electron chi connectivity index (χ3n) is 6.12. The molecule has 8 heteroatoms. The van der Waals surface area contributed by atoms with Crippen molar-refractivity contribution >= 4 is 22.4 Å². The number of benzene rings is 3. The minimum atomic E-state index is -0.537. The molecule has 1 amide bonds. The number of carbonyl (C=O) groups excluding carboxylic acids is 1. The van der Waals surface area contributed by atoms with Gasteiger partial charge in [-0.3, -0.25) is 9.69 Å². The smallest absolute Gasteiger partial charge is 0.241 e. The van der Waals surface area contributed by atoms with Crippen LogP contribution in [0.15, 0.2) is 67.1 Å². The number of carbonyl (C=O) groups is 1. The molecular formula is C26H22FN5O2. The molecule has 34 heavy (non-hydrogen) atoms. The summed E-state index contributed by atoms with van der Waals surface area (Å²) in [6.07, 6.45) is 3.44. The Balaban J connectivity index is 1.29. The number of aromatic hydroxyl groups is 1. The number of aromatic nitrogens is 2. The van der Waals surface area contributed by atoms with Crippen molar-refractivity contribution in [2.75, 3.05) is 24.5 Å². The number of rotatable bonds is 5. The van der Waals surface area contributed by atoms with Gasteiger partial charge < -0.3 is 14.6 Å². The second-order valence-corrected chi connectivity index (χ2v) is 8.38. The second kappa shape index (κ2) is 8.96. The van der Waals surface area contributed by atoms with Gasteiger partial charge in [-0.25, -0.2) is 9.37 Å². The van der Waals surface area contributed by atoms with Crippen LogP contribution in [0.2, 0.25) is 0 Å². The number of imidazole rings is 1. The summed E-state index contributed by atoms with van der Waals surface area (Å²) < 4.78 is 15.9. The number of phenolic OH excluding ortho intramolecular Hbond substituents is 1. The summed E-state index contributed by atoms with van der Waals surface area (Å²) in [5.41, 5.74) is 2.47. The number of phenols is 1. The van der Waals surface area contributed by atoms with Crippen molar-refractivity contribution in [2.24, 2.45) is 0 Å². The summed E-state index contributed by atoms with van der Waals surface area (Å²) in [6.45, 7) is 2.42. The molecule has 5 rings (SSSR count). The molecule has 3 aromatic carbocycles. The van der Waals surface area contributed by atoms with Gasteiger partial charge >= 0.3 is 0 Å². The zero-order valence-electron chi connectivity index (χ0n) is 18.4. The number of halogens is 1. The molecule has 7 nitrogen and oxygen atoms in total. The van der Waals surface area contributed by atoms with E-state index in [1.807, 2.05) is 34.9 Å². The predicted octanol–water partition coefficient (Wildman–Crippen LogP) is 3.65. The zero-order chi connectivity index (χ0) is 23.7. The molecule has 1 aliphatic rings. The molecule has 1 saturated heterocycles. The molecule has 1 aliphatic heterocycles. The largest absolute Gasteiger partial charge is 0.508 e. The molecule has 0 spiro atoms. The van der Waals surface area contributed by atoms with Gasteiger partial charge in [-0.2, -0.15) is 5.26 Å².